The molecule has 4 heteroatoms. The van der Waals surface area contributed by atoms with Gasteiger partial charge in [-0.05, 0) is 196 Å². The van der Waals surface area contributed by atoms with Gasteiger partial charge in [0.25, 0.3) is 0 Å². The summed E-state index contributed by atoms with van der Waals surface area (Å²) in [4.78, 5) is 9.69. The van der Waals surface area contributed by atoms with E-state index in [1.165, 1.54) is 88.3 Å². The van der Waals surface area contributed by atoms with Crippen molar-refractivity contribution in [2.24, 2.45) is 0 Å². The van der Waals surface area contributed by atoms with Crippen LogP contribution >= 0.6 is 0 Å². The van der Waals surface area contributed by atoms with Gasteiger partial charge in [-0.15, -0.1) is 0 Å². The number of benzene rings is 17. The van der Waals surface area contributed by atoms with E-state index in [9.17, 15) is 0 Å². The van der Waals surface area contributed by atoms with E-state index in [4.69, 9.17) is 4.98 Å². The molecule has 103 heavy (non-hydrogen) atoms. The molecule has 0 spiro atoms. The van der Waals surface area contributed by atoms with Gasteiger partial charge in [-0.2, -0.15) is 0 Å². The van der Waals surface area contributed by atoms with Crippen LogP contribution in [0.3, 0.4) is 0 Å². The number of hydrogen-bond donors (Lipinski definition) is 0. The molecule has 0 saturated carbocycles. The summed E-state index contributed by atoms with van der Waals surface area (Å²) in [5.74, 6) is 0.947. The van der Waals surface area contributed by atoms with Crippen molar-refractivity contribution >= 4 is 66.7 Å². The highest BCUT2D eigenvalue weighted by atomic mass is 15.1. The first kappa shape index (κ1) is 62.8. The summed E-state index contributed by atoms with van der Waals surface area (Å²) < 4.78 is 2.27. The molecule has 18 rings (SSSR count). The molecular weight excluding hydrogens is 1250 g/mol. The van der Waals surface area contributed by atoms with Gasteiger partial charge < -0.3 is 9.80 Å². The molecule has 0 N–H and O–H groups in total. The fourth-order valence-corrected chi connectivity index (χ4v) is 14.4. The number of hydrogen-bond acceptors (Lipinski definition) is 3. The van der Waals surface area contributed by atoms with Crippen LogP contribution < -0.4 is 9.80 Å². The van der Waals surface area contributed by atoms with Crippen molar-refractivity contribution in [3.8, 4) is 95.0 Å². The Hall–Kier alpha value is -13.7. The Kier molecular flexibility index (Phi) is 17.5. The fraction of sp³-hybridized carbons (Fsp3) is 0. The quantitative estimate of drug-likeness (QED) is 0.0956. The van der Waals surface area contributed by atoms with Gasteiger partial charge in [0.1, 0.15) is 5.82 Å². The fourth-order valence-electron chi connectivity index (χ4n) is 14.4. The van der Waals surface area contributed by atoms with Crippen molar-refractivity contribution in [1.82, 2.24) is 9.55 Å². The van der Waals surface area contributed by atoms with E-state index in [-0.39, 0.29) is 0 Å². The summed E-state index contributed by atoms with van der Waals surface area (Å²) in [5.41, 5.74) is 27.8. The lowest BCUT2D eigenvalue weighted by Crippen LogP contribution is -2.10. The third-order valence-electron chi connectivity index (χ3n) is 19.5. The van der Waals surface area contributed by atoms with Crippen molar-refractivity contribution in [1.29, 1.82) is 0 Å². The SMILES string of the molecule is c1ccc(-c2c3ccccc3c(-c3ccc(-n4c(-c5ccccc5)nc5ccccc54)cc3)c3ccccc23)cc1.c1ccc(-c2ccc(N(c3ccc(-c4ccccc4)cc3)c3ccc(-c4ccc(N(c5ccc(-c6ccccc6)cc5)c5ccc(-c6ccccc6)cc5)cc4)cc3)cc2)cc1. The van der Waals surface area contributed by atoms with Crippen molar-refractivity contribution in [2.75, 3.05) is 9.80 Å². The van der Waals surface area contributed by atoms with Gasteiger partial charge in [-0.1, -0.05) is 328 Å². The van der Waals surface area contributed by atoms with Gasteiger partial charge in [-0.3, -0.25) is 4.57 Å². The molecule has 0 amide bonds. The number of aromatic nitrogens is 2. The van der Waals surface area contributed by atoms with Crippen LogP contribution in [-0.4, -0.2) is 9.55 Å². The lowest BCUT2D eigenvalue weighted by molar-refractivity contribution is 1.10. The Balaban J connectivity index is 0.000000166. The van der Waals surface area contributed by atoms with Crippen molar-refractivity contribution in [2.45, 2.75) is 0 Å². The summed E-state index contributed by atoms with van der Waals surface area (Å²) in [6, 6.07) is 152. The van der Waals surface area contributed by atoms with E-state index in [2.05, 4.69) is 427 Å². The van der Waals surface area contributed by atoms with Crippen LogP contribution in [0.1, 0.15) is 0 Å². The molecule has 0 bridgehead atoms. The largest absolute Gasteiger partial charge is 0.311 e. The van der Waals surface area contributed by atoms with Crippen LogP contribution in [0.5, 0.6) is 0 Å². The zero-order chi connectivity index (χ0) is 68.7. The highest BCUT2D eigenvalue weighted by Crippen LogP contribution is 2.45. The molecule has 18 aromatic rings. The first-order valence-electron chi connectivity index (χ1n) is 35.2. The maximum atomic E-state index is 5.02. The molecule has 0 unspecified atom stereocenters. The summed E-state index contributed by atoms with van der Waals surface area (Å²) in [7, 11) is 0. The van der Waals surface area contributed by atoms with Gasteiger partial charge in [0, 0.05) is 45.4 Å². The van der Waals surface area contributed by atoms with Gasteiger partial charge >= 0.3 is 0 Å². The Morgan fingerprint density at radius 2 is 0.388 bits per heavy atom. The molecule has 0 fully saturated rings. The van der Waals surface area contributed by atoms with Crippen LogP contribution in [0.15, 0.2) is 425 Å². The normalized spacial score (nSPS) is 11.1. The minimum atomic E-state index is 0.947. The van der Waals surface area contributed by atoms with E-state index in [0.29, 0.717) is 0 Å². The highest BCUT2D eigenvalue weighted by Gasteiger charge is 2.21. The number of fused-ring (bicyclic) bond motifs is 3. The van der Waals surface area contributed by atoms with Gasteiger partial charge in [-0.25, -0.2) is 4.98 Å². The summed E-state index contributed by atoms with van der Waals surface area (Å²) in [6.07, 6.45) is 0. The average Bonchev–Trinajstić information content (AvgIpc) is 1.73. The molecule has 0 saturated heterocycles. The second-order valence-electron chi connectivity index (χ2n) is 25.8. The van der Waals surface area contributed by atoms with E-state index < -0.39 is 0 Å². The first-order valence-corrected chi connectivity index (χ1v) is 35.2. The molecular formula is C99H70N4. The number of anilines is 6. The van der Waals surface area contributed by atoms with E-state index in [1.807, 2.05) is 12.1 Å². The first-order chi connectivity index (χ1) is 51.1. The van der Waals surface area contributed by atoms with Gasteiger partial charge in [0.15, 0.2) is 0 Å². The summed E-state index contributed by atoms with van der Waals surface area (Å²) >= 11 is 0. The third kappa shape index (κ3) is 13.0. The second-order valence-corrected chi connectivity index (χ2v) is 25.8. The topological polar surface area (TPSA) is 24.3 Å². The smallest absolute Gasteiger partial charge is 0.145 e. The maximum absolute atomic E-state index is 5.02. The molecule has 17 aromatic carbocycles. The molecule has 1 heterocycles. The summed E-state index contributed by atoms with van der Waals surface area (Å²) in [6.45, 7) is 0. The Morgan fingerprint density at radius 1 is 0.175 bits per heavy atom. The predicted molar refractivity (Wildman–Crippen MR) is 435 cm³/mol. The summed E-state index contributed by atoms with van der Waals surface area (Å²) in [5, 5.41) is 5.05. The van der Waals surface area contributed by atoms with Gasteiger partial charge in [0.05, 0.1) is 11.0 Å². The third-order valence-corrected chi connectivity index (χ3v) is 19.5. The molecule has 486 valence electrons. The Morgan fingerprint density at radius 3 is 0.680 bits per heavy atom. The van der Waals surface area contributed by atoms with Crippen LogP contribution in [0, 0.1) is 0 Å². The van der Waals surface area contributed by atoms with Crippen molar-refractivity contribution < 1.29 is 0 Å². The average molecular weight is 1320 g/mol. The monoisotopic (exact) mass is 1310 g/mol. The minimum absolute atomic E-state index is 0.947. The van der Waals surface area contributed by atoms with Gasteiger partial charge in [0.2, 0.25) is 0 Å². The number of imidazole rings is 1. The standard InChI is InChI=1S/C60H44N2.C39H26N2/c1-5-13-45(14-6-1)49-21-33-55(34-22-49)61(56-35-23-50(24-36-56)46-15-7-2-8-16-46)59-41-29-53(30-42-59)54-31-43-60(44-32-54)62(57-37-25-51(26-38-57)47-17-9-3-10-18-47)58-39-27-52(28-40-58)48-19-11-4-12-20-48;1-3-13-27(14-4-1)37-31-17-7-9-19-33(31)38(34-20-10-8-18-32(34)37)28-23-25-30(26-24-28)41-36-22-12-11-21-35(36)40-39(41)29-15-5-2-6-16-29/h1-44H;1-26H. The molecule has 0 aliphatic rings. The molecule has 0 aliphatic carbocycles. The second kappa shape index (κ2) is 28.7. The number of rotatable bonds is 15. The molecule has 0 radical (unpaired) electrons. The minimum Gasteiger partial charge on any atom is -0.311 e. The van der Waals surface area contributed by atoms with E-state index >= 15 is 0 Å². The predicted octanol–water partition coefficient (Wildman–Crippen LogP) is 27.3. The van der Waals surface area contributed by atoms with E-state index in [1.54, 1.807) is 0 Å². The van der Waals surface area contributed by atoms with E-state index in [0.717, 1.165) is 73.4 Å². The van der Waals surface area contributed by atoms with Crippen LogP contribution in [0.25, 0.3) is 128 Å². The zero-order valence-corrected chi connectivity index (χ0v) is 56.7. The highest BCUT2D eigenvalue weighted by molar-refractivity contribution is 6.21. The lowest BCUT2D eigenvalue weighted by atomic mass is 9.86. The number of para-hydroxylation sites is 2. The molecule has 0 atom stereocenters. The maximum Gasteiger partial charge on any atom is 0.145 e. The Labute approximate surface area is 601 Å². The van der Waals surface area contributed by atoms with Crippen molar-refractivity contribution in [3.05, 3.63) is 425 Å². The van der Waals surface area contributed by atoms with Crippen molar-refractivity contribution in [3.63, 3.8) is 0 Å². The van der Waals surface area contributed by atoms with Crippen LogP contribution in [0.4, 0.5) is 34.1 Å². The Bertz CT molecular complexity index is 5440. The lowest BCUT2D eigenvalue weighted by Gasteiger charge is -2.27. The van der Waals surface area contributed by atoms with Crippen LogP contribution in [0.2, 0.25) is 0 Å². The zero-order valence-electron chi connectivity index (χ0n) is 56.7. The van der Waals surface area contributed by atoms with Crippen LogP contribution in [-0.2, 0) is 0 Å². The number of nitrogens with zero attached hydrogens (tertiary/aromatic N) is 4. The molecule has 1 aromatic heterocycles. The molecule has 4 nitrogen and oxygen atoms in total. The molecule has 0 aliphatic heterocycles.